The van der Waals surface area contributed by atoms with Gasteiger partial charge in [-0.15, -0.1) is 0 Å². The van der Waals surface area contributed by atoms with Crippen molar-refractivity contribution in [1.29, 1.82) is 0 Å². The van der Waals surface area contributed by atoms with E-state index in [-0.39, 0.29) is 24.2 Å². The highest BCUT2D eigenvalue weighted by atomic mass is 16.4. The first-order chi connectivity index (χ1) is 7.75. The van der Waals surface area contributed by atoms with Crippen LogP contribution in [0.2, 0.25) is 0 Å². The van der Waals surface area contributed by atoms with Gasteiger partial charge in [-0.2, -0.15) is 0 Å². The molecule has 17 heavy (non-hydrogen) atoms. The minimum atomic E-state index is -0.836. The van der Waals surface area contributed by atoms with E-state index in [0.717, 1.165) is 0 Å². The van der Waals surface area contributed by atoms with Crippen molar-refractivity contribution in [2.45, 2.75) is 40.2 Å². The highest BCUT2D eigenvalue weighted by molar-refractivity contribution is 5.81. The van der Waals surface area contributed by atoms with E-state index < -0.39 is 12.0 Å². The Kier molecular flexibility index (Phi) is 6.80. The summed E-state index contributed by atoms with van der Waals surface area (Å²) < 4.78 is 0. The molecule has 0 aliphatic carbocycles. The molecule has 0 aliphatic rings. The zero-order valence-corrected chi connectivity index (χ0v) is 11.1. The molecule has 0 radical (unpaired) electrons. The number of nitrogens with one attached hydrogen (secondary N) is 1. The van der Waals surface area contributed by atoms with Crippen LogP contribution in [-0.2, 0) is 9.59 Å². The average molecular weight is 244 g/mol. The van der Waals surface area contributed by atoms with Gasteiger partial charge in [-0.05, 0) is 24.7 Å². The first kappa shape index (κ1) is 15.9. The van der Waals surface area contributed by atoms with Crippen LogP contribution in [0.15, 0.2) is 0 Å². The summed E-state index contributed by atoms with van der Waals surface area (Å²) in [5.41, 5.74) is 5.43. The predicted molar refractivity (Wildman–Crippen MR) is 66.4 cm³/mol. The van der Waals surface area contributed by atoms with Gasteiger partial charge in [-0.25, -0.2) is 0 Å². The van der Waals surface area contributed by atoms with Crippen LogP contribution in [0.25, 0.3) is 0 Å². The van der Waals surface area contributed by atoms with Gasteiger partial charge in [0.2, 0.25) is 5.91 Å². The Morgan fingerprint density at radius 1 is 1.24 bits per heavy atom. The van der Waals surface area contributed by atoms with Crippen molar-refractivity contribution in [1.82, 2.24) is 5.32 Å². The molecule has 0 bridgehead atoms. The molecule has 100 valence electrons. The minimum Gasteiger partial charge on any atom is -0.481 e. The average Bonchev–Trinajstić information content (AvgIpc) is 2.21. The van der Waals surface area contributed by atoms with E-state index in [0.29, 0.717) is 12.5 Å². The third-order valence-electron chi connectivity index (χ3n) is 3.18. The summed E-state index contributed by atoms with van der Waals surface area (Å²) in [6.45, 7) is 8.08. The van der Waals surface area contributed by atoms with E-state index in [1.807, 2.05) is 20.8 Å². The zero-order valence-electron chi connectivity index (χ0n) is 11.1. The molecule has 0 aromatic rings. The first-order valence-electron chi connectivity index (χ1n) is 6.00. The standard InChI is InChI=1S/C12H24N2O3/c1-7(2)8(3)10(5-11(15)16)6-14-12(17)9(4)13/h7-10H,5-6,13H2,1-4H3,(H,14,17)(H,15,16)/t8?,9-,10?/m0/s1. The number of aliphatic carboxylic acids is 1. The second kappa shape index (κ2) is 7.27. The van der Waals surface area contributed by atoms with Crippen LogP contribution in [0, 0.1) is 17.8 Å². The number of carbonyl (C=O) groups excluding carboxylic acids is 1. The summed E-state index contributed by atoms with van der Waals surface area (Å²) in [5.74, 6) is -0.518. The summed E-state index contributed by atoms with van der Waals surface area (Å²) in [7, 11) is 0. The molecule has 0 fully saturated rings. The summed E-state index contributed by atoms with van der Waals surface area (Å²) in [4.78, 5) is 22.1. The summed E-state index contributed by atoms with van der Waals surface area (Å²) >= 11 is 0. The lowest BCUT2D eigenvalue weighted by Crippen LogP contribution is -2.42. The molecule has 0 rings (SSSR count). The molecule has 0 heterocycles. The lowest BCUT2D eigenvalue weighted by molar-refractivity contribution is -0.139. The second-order valence-electron chi connectivity index (χ2n) is 4.99. The van der Waals surface area contributed by atoms with Crippen molar-refractivity contribution < 1.29 is 14.7 Å². The van der Waals surface area contributed by atoms with Crippen molar-refractivity contribution in [2.24, 2.45) is 23.5 Å². The highest BCUT2D eigenvalue weighted by Gasteiger charge is 2.23. The highest BCUT2D eigenvalue weighted by Crippen LogP contribution is 2.22. The monoisotopic (exact) mass is 244 g/mol. The number of carboxylic acid groups (broad SMARTS) is 1. The van der Waals surface area contributed by atoms with Gasteiger partial charge in [-0.1, -0.05) is 20.8 Å². The normalized spacial score (nSPS) is 16.4. The Balaban J connectivity index is 4.39. The largest absolute Gasteiger partial charge is 0.481 e. The van der Waals surface area contributed by atoms with Crippen LogP contribution in [0.3, 0.4) is 0 Å². The molecular weight excluding hydrogens is 220 g/mol. The molecule has 0 saturated carbocycles. The molecular formula is C12H24N2O3. The van der Waals surface area contributed by atoms with Crippen LogP contribution in [0.4, 0.5) is 0 Å². The number of carbonyl (C=O) groups is 2. The maximum Gasteiger partial charge on any atom is 0.303 e. The molecule has 0 aliphatic heterocycles. The Morgan fingerprint density at radius 3 is 2.12 bits per heavy atom. The van der Waals surface area contributed by atoms with E-state index in [4.69, 9.17) is 10.8 Å². The Hall–Kier alpha value is -1.10. The van der Waals surface area contributed by atoms with Crippen LogP contribution < -0.4 is 11.1 Å². The van der Waals surface area contributed by atoms with Gasteiger partial charge in [-0.3, -0.25) is 9.59 Å². The number of hydrogen-bond donors (Lipinski definition) is 3. The van der Waals surface area contributed by atoms with E-state index in [2.05, 4.69) is 5.32 Å². The molecule has 3 atom stereocenters. The predicted octanol–water partition coefficient (Wildman–Crippen LogP) is 0.833. The topological polar surface area (TPSA) is 92.4 Å². The quantitative estimate of drug-likeness (QED) is 0.618. The Bertz CT molecular complexity index is 264. The van der Waals surface area contributed by atoms with Gasteiger partial charge in [0.1, 0.15) is 0 Å². The van der Waals surface area contributed by atoms with Crippen molar-refractivity contribution in [3.8, 4) is 0 Å². The van der Waals surface area contributed by atoms with Crippen LogP contribution >= 0.6 is 0 Å². The number of hydrogen-bond acceptors (Lipinski definition) is 3. The van der Waals surface area contributed by atoms with E-state index >= 15 is 0 Å². The van der Waals surface area contributed by atoms with Gasteiger partial charge >= 0.3 is 5.97 Å². The van der Waals surface area contributed by atoms with Crippen molar-refractivity contribution in [3.63, 3.8) is 0 Å². The van der Waals surface area contributed by atoms with Gasteiger partial charge in [0.05, 0.1) is 12.5 Å². The van der Waals surface area contributed by atoms with Crippen molar-refractivity contribution >= 4 is 11.9 Å². The smallest absolute Gasteiger partial charge is 0.303 e. The van der Waals surface area contributed by atoms with Gasteiger partial charge in [0, 0.05) is 6.54 Å². The van der Waals surface area contributed by atoms with E-state index in [9.17, 15) is 9.59 Å². The van der Waals surface area contributed by atoms with Crippen molar-refractivity contribution in [3.05, 3.63) is 0 Å². The zero-order chi connectivity index (χ0) is 13.6. The third kappa shape index (κ3) is 6.26. The Labute approximate surface area is 103 Å². The second-order valence-corrected chi connectivity index (χ2v) is 4.99. The molecule has 5 nitrogen and oxygen atoms in total. The summed E-state index contributed by atoms with van der Waals surface area (Å²) in [5, 5.41) is 11.5. The maximum atomic E-state index is 11.3. The fourth-order valence-electron chi connectivity index (χ4n) is 1.61. The molecule has 5 heteroatoms. The van der Waals surface area contributed by atoms with E-state index in [1.54, 1.807) is 6.92 Å². The molecule has 2 unspecified atom stereocenters. The maximum absolute atomic E-state index is 11.3. The molecule has 0 aromatic heterocycles. The SMILES string of the molecule is CC(C)C(C)C(CNC(=O)[C@H](C)N)CC(=O)O. The van der Waals surface area contributed by atoms with E-state index in [1.165, 1.54) is 0 Å². The number of nitrogens with two attached hydrogens (primary N) is 1. The lowest BCUT2D eigenvalue weighted by atomic mass is 9.83. The molecule has 4 N–H and O–H groups in total. The third-order valence-corrected chi connectivity index (χ3v) is 3.18. The van der Waals surface area contributed by atoms with Crippen LogP contribution in [-0.4, -0.2) is 29.6 Å². The minimum absolute atomic E-state index is 0.0600. The van der Waals surface area contributed by atoms with Gasteiger partial charge in [0.15, 0.2) is 0 Å². The number of rotatable bonds is 7. The van der Waals surface area contributed by atoms with Crippen LogP contribution in [0.5, 0.6) is 0 Å². The Morgan fingerprint density at radius 2 is 1.76 bits per heavy atom. The lowest BCUT2D eigenvalue weighted by Gasteiger charge is -2.26. The number of carboxylic acids is 1. The van der Waals surface area contributed by atoms with Crippen molar-refractivity contribution in [2.75, 3.05) is 6.54 Å². The summed E-state index contributed by atoms with van der Waals surface area (Å²) in [6.07, 6.45) is 0.0680. The fraction of sp³-hybridized carbons (Fsp3) is 0.833. The van der Waals surface area contributed by atoms with Gasteiger partial charge < -0.3 is 16.2 Å². The summed E-state index contributed by atoms with van der Waals surface area (Å²) in [6, 6.07) is -0.560. The molecule has 0 spiro atoms. The molecule has 0 saturated heterocycles. The molecule has 0 aromatic carbocycles. The fourth-order valence-corrected chi connectivity index (χ4v) is 1.61. The first-order valence-corrected chi connectivity index (χ1v) is 6.00. The molecule has 1 amide bonds. The van der Waals surface area contributed by atoms with Gasteiger partial charge in [0.25, 0.3) is 0 Å². The van der Waals surface area contributed by atoms with Crippen LogP contribution in [0.1, 0.15) is 34.1 Å². The number of amides is 1.